The lowest BCUT2D eigenvalue weighted by Crippen LogP contribution is -2.51. The second-order valence-corrected chi connectivity index (χ2v) is 19.8. The summed E-state index contributed by atoms with van der Waals surface area (Å²) in [5, 5.41) is 4.49. The molecule has 8 aromatic rings. The van der Waals surface area contributed by atoms with E-state index in [1.807, 2.05) is 110 Å². The van der Waals surface area contributed by atoms with Crippen LogP contribution in [0.3, 0.4) is 0 Å². The standard InChI is InChI=1S/C26H21NO3.C19H18F5NO3.C17H19FO.C2H5F/c1-19-7-13-23(14-8-19)30-25-17-11-21(12-18-25)27-26(28)20-9-15-24(16-10-20)29-22-5-3-2-4-6-22;1-17(2,3)12-4-8-14(9-5-12)27-15-10-6-13(7-11-15)25-16(26)18(20,28-24)19(21,22)23;1-17(2,3)14-6-10-16(11-7-14)19-15-8-4-13(12-18)5-9-15;1-2-3/h2-18H,1H3,(H,27,28);4-11H,1-3H3,(H,25,26);4-11H,12H2,1-3H3;2H2,1H3. The van der Waals surface area contributed by atoms with Crippen LogP contribution in [-0.2, 0) is 27.2 Å². The predicted molar refractivity (Wildman–Crippen MR) is 299 cm³/mol. The van der Waals surface area contributed by atoms with Gasteiger partial charge in [-0.15, -0.1) is 4.94 Å². The van der Waals surface area contributed by atoms with E-state index in [1.165, 1.54) is 42.3 Å². The van der Waals surface area contributed by atoms with Crippen LogP contribution in [0.4, 0.5) is 42.2 Å². The van der Waals surface area contributed by atoms with Gasteiger partial charge in [-0.2, -0.15) is 17.6 Å². The molecule has 0 saturated heterocycles. The third kappa shape index (κ3) is 19.4. The lowest BCUT2D eigenvalue weighted by atomic mass is 9.87. The summed E-state index contributed by atoms with van der Waals surface area (Å²) in [4.78, 5) is 26.2. The molecule has 8 rings (SSSR count). The van der Waals surface area contributed by atoms with E-state index in [9.17, 15) is 40.5 Å². The van der Waals surface area contributed by atoms with E-state index in [1.54, 1.807) is 66.0 Å². The van der Waals surface area contributed by atoms with Crippen LogP contribution in [0.1, 0.15) is 81.1 Å². The number of alkyl halides is 6. The Morgan fingerprint density at radius 1 is 0.438 bits per heavy atom. The zero-order valence-electron chi connectivity index (χ0n) is 45.5. The minimum atomic E-state index is -5.88. The van der Waals surface area contributed by atoms with E-state index in [4.69, 9.17) is 18.9 Å². The number of hydrogen-bond acceptors (Lipinski definition) is 7. The van der Waals surface area contributed by atoms with Gasteiger partial charge in [0.05, 0.1) is 6.67 Å². The molecule has 0 aliphatic carbocycles. The molecule has 0 heterocycles. The maximum absolute atomic E-state index is 13.4. The van der Waals surface area contributed by atoms with Crippen LogP contribution in [-0.4, -0.2) is 30.5 Å². The molecule has 2 amide bonds. The van der Waals surface area contributed by atoms with Crippen LogP contribution < -0.4 is 29.6 Å². The van der Waals surface area contributed by atoms with Crippen molar-refractivity contribution < 1.29 is 64.3 Å². The third-order valence-corrected chi connectivity index (χ3v) is 11.3. The highest BCUT2D eigenvalue weighted by molar-refractivity contribution is 6.04. The lowest BCUT2D eigenvalue weighted by molar-refractivity contribution is -0.379. The van der Waals surface area contributed by atoms with Crippen molar-refractivity contribution in [2.75, 3.05) is 17.3 Å². The van der Waals surface area contributed by atoms with E-state index in [-0.39, 0.29) is 29.1 Å². The van der Waals surface area contributed by atoms with Gasteiger partial charge in [-0.05, 0) is 179 Å². The molecule has 16 heteroatoms. The van der Waals surface area contributed by atoms with E-state index in [2.05, 4.69) is 63.9 Å². The summed E-state index contributed by atoms with van der Waals surface area (Å²) in [6.45, 7) is 15.5. The molecule has 9 nitrogen and oxygen atoms in total. The highest BCUT2D eigenvalue weighted by atomic mass is 19.4. The van der Waals surface area contributed by atoms with Crippen LogP contribution in [0, 0.1) is 6.92 Å². The molecule has 0 fully saturated rings. The topological polar surface area (TPSA) is 104 Å². The van der Waals surface area contributed by atoms with E-state index in [0.29, 0.717) is 39.8 Å². The van der Waals surface area contributed by atoms with Gasteiger partial charge in [0.2, 0.25) is 0 Å². The number of halogens is 7. The minimum absolute atomic E-state index is 0.0240. The normalized spacial score (nSPS) is 11.8. The molecule has 0 aromatic heterocycles. The Balaban J connectivity index is 0.000000220. The maximum atomic E-state index is 13.4. The number of hydrogen-bond donors (Lipinski definition) is 2. The molecule has 2 N–H and O–H groups in total. The molecule has 420 valence electrons. The van der Waals surface area contributed by atoms with Crippen molar-refractivity contribution in [1.29, 1.82) is 0 Å². The van der Waals surface area contributed by atoms with Crippen molar-refractivity contribution in [3.63, 3.8) is 0 Å². The third-order valence-electron chi connectivity index (χ3n) is 11.3. The number of anilines is 2. The summed E-state index contributed by atoms with van der Waals surface area (Å²) in [7, 11) is 0. The maximum Gasteiger partial charge on any atom is 0.461 e. The molecule has 0 bridgehead atoms. The number of amides is 2. The van der Waals surface area contributed by atoms with Gasteiger partial charge in [0.15, 0.2) is 0 Å². The quantitative estimate of drug-likeness (QED) is 0.105. The largest absolute Gasteiger partial charge is 0.461 e. The first-order valence-corrected chi connectivity index (χ1v) is 25.2. The Bertz CT molecular complexity index is 3130. The fourth-order valence-electron chi connectivity index (χ4n) is 6.84. The summed E-state index contributed by atoms with van der Waals surface area (Å²) in [5.74, 6) is -2.35. The van der Waals surface area contributed by atoms with Crippen molar-refractivity contribution in [2.45, 2.75) is 84.9 Å². The van der Waals surface area contributed by atoms with E-state index >= 15 is 0 Å². The molecule has 80 heavy (non-hydrogen) atoms. The molecule has 8 aromatic carbocycles. The van der Waals surface area contributed by atoms with Gasteiger partial charge >= 0.3 is 17.9 Å². The summed E-state index contributed by atoms with van der Waals surface area (Å²) in [5.41, 5.74) is 5.38. The van der Waals surface area contributed by atoms with Gasteiger partial charge < -0.3 is 29.6 Å². The number of ether oxygens (including phenoxy) is 4. The molecular weight excluding hydrogens is 1040 g/mol. The minimum Gasteiger partial charge on any atom is -0.457 e. The van der Waals surface area contributed by atoms with Gasteiger partial charge in [-0.1, -0.05) is 114 Å². The highest BCUT2D eigenvalue weighted by Crippen LogP contribution is 2.37. The summed E-state index contributed by atoms with van der Waals surface area (Å²) < 4.78 is 108. The van der Waals surface area contributed by atoms with Crippen LogP contribution in [0.25, 0.3) is 0 Å². The number of carbonyl (C=O) groups is 2. The number of aryl methyl sites for hydroxylation is 1. The second kappa shape index (κ2) is 28.8. The van der Waals surface area contributed by atoms with Crippen LogP contribution in [0.2, 0.25) is 0 Å². The zero-order valence-corrected chi connectivity index (χ0v) is 45.5. The smallest absolute Gasteiger partial charge is 0.457 e. The van der Waals surface area contributed by atoms with Gasteiger partial charge in [0.1, 0.15) is 52.7 Å². The lowest BCUT2D eigenvalue weighted by Gasteiger charge is -2.21. The van der Waals surface area contributed by atoms with E-state index < -0.39 is 24.6 Å². The van der Waals surface area contributed by atoms with E-state index in [0.717, 1.165) is 28.6 Å². The fraction of sp³-hybridized carbons (Fsp3) is 0.219. The monoisotopic (exact) mass is 1100 g/mol. The number of nitrogens with one attached hydrogen (secondary N) is 2. The first-order valence-electron chi connectivity index (χ1n) is 25.2. The number of benzene rings is 8. The van der Waals surface area contributed by atoms with Crippen molar-refractivity contribution >= 4 is 23.2 Å². The average molecular weight is 1110 g/mol. The van der Waals surface area contributed by atoms with Crippen LogP contribution >= 0.6 is 0 Å². The van der Waals surface area contributed by atoms with Crippen LogP contribution in [0.5, 0.6) is 46.0 Å². The van der Waals surface area contributed by atoms with Crippen molar-refractivity contribution in [3.05, 3.63) is 228 Å². The Morgan fingerprint density at radius 2 is 0.750 bits per heavy atom. The van der Waals surface area contributed by atoms with Crippen molar-refractivity contribution in [2.24, 2.45) is 0 Å². The SMILES string of the molecule is CC(C)(C)c1ccc(Oc2ccc(CF)cc2)cc1.CC(C)(C)c1ccc(Oc2ccc(NC(=O)C(F)(OF)C(F)(F)F)cc2)cc1.CCF.Cc1ccc(Oc2ccc(NC(=O)c3ccc(Oc4ccccc4)cc3)cc2)cc1. The Hall–Kier alpha value is -8.63. The summed E-state index contributed by atoms with van der Waals surface area (Å²) in [6.07, 6.45) is -5.88. The highest BCUT2D eigenvalue weighted by Gasteiger charge is 2.65. The molecular formula is C64H63F7N2O7. The molecule has 1 unspecified atom stereocenters. The number of para-hydroxylation sites is 1. The molecule has 0 spiro atoms. The van der Waals surface area contributed by atoms with Crippen molar-refractivity contribution in [3.8, 4) is 46.0 Å². The Kier molecular flexibility index (Phi) is 22.4. The van der Waals surface area contributed by atoms with Gasteiger partial charge in [-0.3, -0.25) is 14.0 Å². The first-order chi connectivity index (χ1) is 37.9. The Labute approximate surface area is 462 Å². The number of rotatable bonds is 14. The second-order valence-electron chi connectivity index (χ2n) is 19.8. The van der Waals surface area contributed by atoms with Crippen LogP contribution in [0.15, 0.2) is 200 Å². The molecule has 1 atom stereocenters. The van der Waals surface area contributed by atoms with Gasteiger partial charge in [-0.25, -0.2) is 4.39 Å². The predicted octanol–water partition coefficient (Wildman–Crippen LogP) is 18.9. The molecule has 0 aliphatic rings. The zero-order chi connectivity index (χ0) is 58.5. The summed E-state index contributed by atoms with van der Waals surface area (Å²) in [6, 6.07) is 59.2. The molecule has 0 aliphatic heterocycles. The first kappa shape index (κ1) is 62.2. The van der Waals surface area contributed by atoms with Crippen molar-refractivity contribution in [1.82, 2.24) is 0 Å². The average Bonchev–Trinajstić information content (AvgIpc) is 3.44. The van der Waals surface area contributed by atoms with Gasteiger partial charge in [0, 0.05) is 16.9 Å². The molecule has 0 saturated carbocycles. The summed E-state index contributed by atoms with van der Waals surface area (Å²) >= 11 is 0. The Morgan fingerprint density at radius 3 is 1.09 bits per heavy atom. The fourth-order valence-corrected chi connectivity index (χ4v) is 6.84. The number of carbonyl (C=O) groups excluding carboxylic acids is 2. The molecule has 0 radical (unpaired) electrons. The van der Waals surface area contributed by atoms with Gasteiger partial charge in [0.25, 0.3) is 5.91 Å².